The van der Waals surface area contributed by atoms with Gasteiger partial charge in [-0.05, 0) is 49.7 Å². The van der Waals surface area contributed by atoms with Crippen molar-refractivity contribution in [2.45, 2.75) is 32.3 Å². The zero-order valence-electron chi connectivity index (χ0n) is 20.3. The summed E-state index contributed by atoms with van der Waals surface area (Å²) in [5.74, 6) is -1.04. The molecule has 0 bridgehead atoms. The van der Waals surface area contributed by atoms with Gasteiger partial charge in [-0.2, -0.15) is 0 Å². The fraction of sp³-hybridized carbons (Fsp3) is 0.214. The molecule has 1 atom stereocenters. The Morgan fingerprint density at radius 1 is 0.919 bits per heavy atom. The second-order valence-electron chi connectivity index (χ2n) is 9.00. The van der Waals surface area contributed by atoms with Crippen LogP contribution in [-0.4, -0.2) is 34.5 Å². The Hall–Kier alpha value is -4.66. The molecule has 0 fully saturated rings. The largest absolute Gasteiger partial charge is 0.507 e. The summed E-state index contributed by atoms with van der Waals surface area (Å²) >= 11 is 0. The van der Waals surface area contributed by atoms with Crippen molar-refractivity contribution >= 4 is 16.9 Å². The highest BCUT2D eigenvalue weighted by Crippen LogP contribution is 2.47. The van der Waals surface area contributed by atoms with E-state index in [1.165, 1.54) is 37.4 Å². The monoisotopic (exact) mass is 504 g/mol. The maximum atomic E-state index is 13.1. The number of fused-ring (bicyclic) bond motifs is 3. The third-order valence-electron chi connectivity index (χ3n) is 6.14. The molecule has 0 amide bonds. The summed E-state index contributed by atoms with van der Waals surface area (Å²) in [5, 5.41) is 30.2. The number of phenols is 3. The van der Waals surface area contributed by atoms with Crippen molar-refractivity contribution in [3.63, 3.8) is 0 Å². The summed E-state index contributed by atoms with van der Waals surface area (Å²) < 4.78 is 22.9. The number of esters is 1. The first-order chi connectivity index (χ1) is 17.7. The zero-order valence-corrected chi connectivity index (χ0v) is 20.3. The molecule has 190 valence electrons. The summed E-state index contributed by atoms with van der Waals surface area (Å²) in [6.45, 7) is 3.76. The van der Waals surface area contributed by atoms with Crippen LogP contribution in [-0.2, 0) is 4.79 Å². The number of ether oxygens (including phenoxy) is 3. The molecule has 9 heteroatoms. The van der Waals surface area contributed by atoms with Gasteiger partial charge in [0.15, 0.2) is 28.4 Å². The van der Waals surface area contributed by atoms with Gasteiger partial charge in [-0.3, -0.25) is 9.59 Å². The van der Waals surface area contributed by atoms with Gasteiger partial charge in [0.1, 0.15) is 28.2 Å². The molecule has 0 spiro atoms. The summed E-state index contributed by atoms with van der Waals surface area (Å²) in [5.41, 5.74) is 0.947. The number of carbonyl (C=O) groups excluding carboxylic acids is 1. The topological polar surface area (TPSA) is 136 Å². The Kier molecular flexibility index (Phi) is 5.91. The molecular weight excluding hydrogens is 480 g/mol. The molecule has 0 unspecified atom stereocenters. The highest BCUT2D eigenvalue weighted by molar-refractivity contribution is 5.93. The predicted octanol–water partition coefficient (Wildman–Crippen LogP) is 4.81. The number of hydrogen-bond acceptors (Lipinski definition) is 9. The van der Waals surface area contributed by atoms with Gasteiger partial charge in [0.2, 0.25) is 0 Å². The fourth-order valence-corrected chi connectivity index (χ4v) is 4.52. The van der Waals surface area contributed by atoms with Gasteiger partial charge < -0.3 is 33.9 Å². The van der Waals surface area contributed by atoms with Crippen molar-refractivity contribution in [1.29, 1.82) is 0 Å². The van der Waals surface area contributed by atoms with E-state index in [-0.39, 0.29) is 46.5 Å². The highest BCUT2D eigenvalue weighted by atomic mass is 16.5. The van der Waals surface area contributed by atoms with E-state index in [0.717, 1.165) is 0 Å². The summed E-state index contributed by atoms with van der Waals surface area (Å²) in [7, 11) is 1.53. The van der Waals surface area contributed by atoms with E-state index in [0.29, 0.717) is 28.2 Å². The Balaban J connectivity index is 1.76. The molecule has 37 heavy (non-hydrogen) atoms. The highest BCUT2D eigenvalue weighted by Gasteiger charge is 2.34. The molecule has 3 aromatic carbocycles. The van der Waals surface area contributed by atoms with Gasteiger partial charge in [0, 0.05) is 29.2 Å². The molecule has 1 aliphatic heterocycles. The average molecular weight is 504 g/mol. The number of aromatic hydroxyl groups is 3. The summed E-state index contributed by atoms with van der Waals surface area (Å²) in [4.78, 5) is 25.7. The first kappa shape index (κ1) is 24.1. The third kappa shape index (κ3) is 4.29. The van der Waals surface area contributed by atoms with Gasteiger partial charge in [-0.1, -0.05) is 6.07 Å². The van der Waals surface area contributed by atoms with E-state index in [1.807, 2.05) is 13.8 Å². The van der Waals surface area contributed by atoms with E-state index in [2.05, 4.69) is 0 Å². The Morgan fingerprint density at radius 3 is 2.41 bits per heavy atom. The second kappa shape index (κ2) is 9.09. The van der Waals surface area contributed by atoms with Crippen molar-refractivity contribution in [2.75, 3.05) is 7.11 Å². The zero-order chi connectivity index (χ0) is 26.4. The van der Waals surface area contributed by atoms with E-state index < -0.39 is 23.1 Å². The molecule has 3 N–H and O–H groups in total. The van der Waals surface area contributed by atoms with E-state index in [1.54, 1.807) is 18.2 Å². The number of methoxy groups -OCH3 is 1. The normalized spacial score (nSPS) is 14.9. The van der Waals surface area contributed by atoms with Crippen LogP contribution in [0.15, 0.2) is 57.7 Å². The Morgan fingerprint density at radius 2 is 1.70 bits per heavy atom. The number of rotatable bonds is 5. The quantitative estimate of drug-likeness (QED) is 0.199. The number of benzene rings is 3. The van der Waals surface area contributed by atoms with Crippen molar-refractivity contribution in [3.8, 4) is 45.8 Å². The van der Waals surface area contributed by atoms with Gasteiger partial charge in [0.25, 0.3) is 0 Å². The molecule has 0 saturated heterocycles. The van der Waals surface area contributed by atoms with Crippen LogP contribution < -0.4 is 19.6 Å². The van der Waals surface area contributed by atoms with E-state index in [4.69, 9.17) is 18.6 Å². The maximum Gasteiger partial charge on any atom is 0.312 e. The van der Waals surface area contributed by atoms with Crippen LogP contribution in [0, 0.1) is 0 Å². The first-order valence-electron chi connectivity index (χ1n) is 11.6. The third-order valence-corrected chi connectivity index (χ3v) is 6.14. The standard InChI is InChI=1S/C28H24O9/c1-13(2)35-23-9-14(5-7-21(23)34-3)16-10-25(33)36-24-12-20(32)27-19(31)11-22(37-28(27)26(16)24)15-4-6-17(29)18(30)8-15/h4-9,11-13,16,29-30,32H,10H2,1-3H3/t16-/m0/s1. The average Bonchev–Trinajstić information content (AvgIpc) is 2.84. The van der Waals surface area contributed by atoms with Gasteiger partial charge >= 0.3 is 5.97 Å². The lowest BCUT2D eigenvalue weighted by atomic mass is 9.85. The van der Waals surface area contributed by atoms with Crippen LogP contribution >= 0.6 is 0 Å². The van der Waals surface area contributed by atoms with E-state index >= 15 is 0 Å². The molecule has 0 saturated carbocycles. The minimum Gasteiger partial charge on any atom is -0.507 e. The van der Waals surface area contributed by atoms with Gasteiger partial charge in [-0.25, -0.2) is 0 Å². The molecule has 9 nitrogen and oxygen atoms in total. The lowest BCUT2D eigenvalue weighted by Crippen LogP contribution is -2.22. The van der Waals surface area contributed by atoms with Gasteiger partial charge in [0.05, 0.1) is 19.6 Å². The van der Waals surface area contributed by atoms with Crippen molar-refractivity contribution < 1.29 is 38.7 Å². The number of phenolic OH excluding ortho intramolecular Hbond substituents is 3. The van der Waals surface area contributed by atoms with Crippen molar-refractivity contribution in [2.24, 2.45) is 0 Å². The van der Waals surface area contributed by atoms with Crippen molar-refractivity contribution in [1.82, 2.24) is 0 Å². The Bertz CT molecular complexity index is 1600. The SMILES string of the molecule is COc1ccc([C@@H]2CC(=O)Oc3cc(O)c4c(=O)cc(-c5ccc(O)c(O)c5)oc4c32)cc1OC(C)C. The van der Waals surface area contributed by atoms with Crippen LogP contribution in [0.2, 0.25) is 0 Å². The van der Waals surface area contributed by atoms with E-state index in [9.17, 15) is 24.9 Å². The molecule has 0 radical (unpaired) electrons. The lowest BCUT2D eigenvalue weighted by Gasteiger charge is -2.26. The van der Waals surface area contributed by atoms with Crippen LogP contribution in [0.25, 0.3) is 22.3 Å². The fourth-order valence-electron chi connectivity index (χ4n) is 4.52. The summed E-state index contributed by atoms with van der Waals surface area (Å²) in [6, 6.07) is 11.7. The molecule has 1 aromatic heterocycles. The lowest BCUT2D eigenvalue weighted by molar-refractivity contribution is -0.135. The van der Waals surface area contributed by atoms with Crippen LogP contribution in [0.5, 0.6) is 34.5 Å². The van der Waals surface area contributed by atoms with Gasteiger partial charge in [-0.15, -0.1) is 0 Å². The minimum atomic E-state index is -0.591. The molecule has 2 heterocycles. The van der Waals surface area contributed by atoms with Crippen LogP contribution in [0.3, 0.4) is 0 Å². The van der Waals surface area contributed by atoms with Crippen LogP contribution in [0.1, 0.15) is 37.3 Å². The summed E-state index contributed by atoms with van der Waals surface area (Å²) in [6.07, 6.45) is -0.179. The minimum absolute atomic E-state index is 0.0460. The molecule has 0 aliphatic carbocycles. The molecule has 1 aliphatic rings. The number of carbonyl (C=O) groups is 1. The molecule has 4 aromatic rings. The number of hydrogen-bond donors (Lipinski definition) is 3. The van der Waals surface area contributed by atoms with Crippen LogP contribution in [0.4, 0.5) is 0 Å². The Labute approximate surface area is 211 Å². The molecular formula is C28H24O9. The first-order valence-corrected chi connectivity index (χ1v) is 11.6. The smallest absolute Gasteiger partial charge is 0.312 e. The molecule has 5 rings (SSSR count). The maximum absolute atomic E-state index is 13.1. The predicted molar refractivity (Wildman–Crippen MR) is 134 cm³/mol. The second-order valence-corrected chi connectivity index (χ2v) is 9.00. The van der Waals surface area contributed by atoms with Crippen molar-refractivity contribution in [3.05, 3.63) is 69.9 Å².